The summed E-state index contributed by atoms with van der Waals surface area (Å²) in [6.45, 7) is 0. The Bertz CT molecular complexity index is 2840. The maximum atomic E-state index is 11.2. The third kappa shape index (κ3) is 10.8. The molecule has 64 heavy (non-hydrogen) atoms. The molecule has 0 amide bonds. The number of ether oxygens (including phenoxy) is 2. The highest BCUT2D eigenvalue weighted by Gasteiger charge is 2.14. The third-order valence-electron chi connectivity index (χ3n) is 9.58. The van der Waals surface area contributed by atoms with E-state index in [-0.39, 0.29) is 21.4 Å². The number of hydrogen-bond donors (Lipinski definition) is 8. The zero-order valence-electron chi connectivity index (χ0n) is 33.4. The first-order valence-corrected chi connectivity index (χ1v) is 21.2. The molecule has 0 spiro atoms. The fourth-order valence-corrected chi connectivity index (χ4v) is 7.67. The standard InChI is InChI=1S/2C23H17Cl2N3O3S/c2*1-31-21-6-5-12(18-10-14-8-16(24)17(25)11-19(14)27-18)9-20(21)28-23(32)26-15-4-2-3-13(7-15)22(29)30/h2*2-11,27H,1H3,(H,29,30)(H2,26,28,32). The molecule has 0 radical (unpaired) electrons. The van der Waals surface area contributed by atoms with Gasteiger partial charge in [0.05, 0.1) is 56.8 Å². The molecule has 2 aromatic heterocycles. The van der Waals surface area contributed by atoms with Crippen LogP contribution in [0.25, 0.3) is 44.3 Å². The Labute approximate surface area is 396 Å². The normalized spacial score (nSPS) is 10.7. The first-order valence-electron chi connectivity index (χ1n) is 18.8. The number of nitrogens with one attached hydrogen (secondary N) is 6. The van der Waals surface area contributed by atoms with Crippen LogP contribution in [0.15, 0.2) is 121 Å². The van der Waals surface area contributed by atoms with E-state index >= 15 is 0 Å². The topological polar surface area (TPSA) is 173 Å². The number of H-pyrrole nitrogens is 2. The lowest BCUT2D eigenvalue weighted by molar-refractivity contribution is 0.0686. The lowest BCUT2D eigenvalue weighted by Gasteiger charge is -2.15. The monoisotopic (exact) mass is 970 g/mol. The summed E-state index contributed by atoms with van der Waals surface area (Å²) in [6, 6.07) is 35.2. The molecule has 0 bridgehead atoms. The predicted molar refractivity (Wildman–Crippen MR) is 267 cm³/mol. The van der Waals surface area contributed by atoms with Crippen molar-refractivity contribution in [3.05, 3.63) is 153 Å². The van der Waals surface area contributed by atoms with Gasteiger partial charge in [0.25, 0.3) is 0 Å². The quantitative estimate of drug-likeness (QED) is 0.0611. The summed E-state index contributed by atoms with van der Waals surface area (Å²) in [4.78, 5) is 29.0. The second-order valence-electron chi connectivity index (χ2n) is 13.8. The van der Waals surface area contributed by atoms with E-state index in [0.717, 1.165) is 44.3 Å². The molecule has 8 rings (SSSR count). The fourth-order valence-electron chi connectivity index (χ4n) is 6.54. The van der Waals surface area contributed by atoms with Crippen LogP contribution in [0.2, 0.25) is 20.1 Å². The number of fused-ring (bicyclic) bond motifs is 2. The first-order chi connectivity index (χ1) is 30.7. The number of benzene rings is 6. The number of aromatic amines is 2. The molecule has 0 aliphatic carbocycles. The van der Waals surface area contributed by atoms with Gasteiger partial charge in [-0.05, 0) is 134 Å². The molecule has 12 nitrogen and oxygen atoms in total. The van der Waals surface area contributed by atoms with E-state index in [1.54, 1.807) is 50.6 Å². The van der Waals surface area contributed by atoms with E-state index in [1.807, 2.05) is 60.7 Å². The summed E-state index contributed by atoms with van der Waals surface area (Å²) in [7, 11) is 3.14. The van der Waals surface area contributed by atoms with E-state index in [1.165, 1.54) is 24.3 Å². The molecule has 324 valence electrons. The molecule has 0 saturated carbocycles. The van der Waals surface area contributed by atoms with Crippen molar-refractivity contribution < 1.29 is 29.3 Å². The molecule has 0 atom stereocenters. The highest BCUT2D eigenvalue weighted by Crippen LogP contribution is 2.36. The van der Waals surface area contributed by atoms with Gasteiger partial charge in [-0.1, -0.05) is 58.5 Å². The van der Waals surface area contributed by atoms with Crippen molar-refractivity contribution in [3.8, 4) is 34.0 Å². The molecule has 0 saturated heterocycles. The number of thiocarbonyl (C=S) groups is 2. The largest absolute Gasteiger partial charge is 0.495 e. The summed E-state index contributed by atoms with van der Waals surface area (Å²) in [6.07, 6.45) is 0. The molecule has 0 fully saturated rings. The van der Waals surface area contributed by atoms with Crippen LogP contribution in [0.3, 0.4) is 0 Å². The average Bonchev–Trinajstić information content (AvgIpc) is 3.87. The van der Waals surface area contributed by atoms with E-state index in [9.17, 15) is 9.59 Å². The second kappa shape index (κ2) is 19.9. The number of hydrogen-bond acceptors (Lipinski definition) is 6. The van der Waals surface area contributed by atoms with Gasteiger partial charge >= 0.3 is 11.9 Å². The zero-order chi connectivity index (χ0) is 45.7. The molecular weight excluding hydrogens is 938 g/mol. The number of aromatic nitrogens is 2. The smallest absolute Gasteiger partial charge is 0.335 e. The van der Waals surface area contributed by atoms with E-state index in [2.05, 4.69) is 31.2 Å². The Hall–Kier alpha value is -6.52. The molecule has 18 heteroatoms. The van der Waals surface area contributed by atoms with Crippen LogP contribution in [0, 0.1) is 0 Å². The molecular formula is C46H34Cl4N6O6S2. The van der Waals surface area contributed by atoms with Crippen LogP contribution in [0.4, 0.5) is 22.7 Å². The van der Waals surface area contributed by atoms with E-state index in [4.69, 9.17) is 90.5 Å². The zero-order valence-corrected chi connectivity index (χ0v) is 38.1. The number of halogens is 4. The van der Waals surface area contributed by atoms with Crippen molar-refractivity contribution in [1.29, 1.82) is 0 Å². The lowest BCUT2D eigenvalue weighted by atomic mass is 10.1. The Morgan fingerprint density at radius 2 is 0.906 bits per heavy atom. The Kier molecular flexibility index (Phi) is 14.1. The number of aromatic carboxylic acids is 2. The van der Waals surface area contributed by atoms with Crippen molar-refractivity contribution in [2.75, 3.05) is 35.5 Å². The van der Waals surface area contributed by atoms with Gasteiger partial charge in [-0.3, -0.25) is 0 Å². The number of carboxylic acid groups (broad SMARTS) is 2. The molecule has 2 heterocycles. The Balaban J connectivity index is 0.000000191. The molecule has 8 N–H and O–H groups in total. The number of rotatable bonds is 10. The maximum Gasteiger partial charge on any atom is 0.335 e. The molecule has 8 aromatic rings. The van der Waals surface area contributed by atoms with Crippen molar-refractivity contribution in [3.63, 3.8) is 0 Å². The summed E-state index contributed by atoms with van der Waals surface area (Å²) in [5.74, 6) is -0.829. The second-order valence-corrected chi connectivity index (χ2v) is 16.3. The van der Waals surface area contributed by atoms with Crippen molar-refractivity contribution >= 4 is 138 Å². The van der Waals surface area contributed by atoms with Gasteiger partial charge in [0.2, 0.25) is 0 Å². The van der Waals surface area contributed by atoms with Gasteiger partial charge in [-0.2, -0.15) is 0 Å². The van der Waals surface area contributed by atoms with E-state index in [0.29, 0.717) is 54.3 Å². The lowest BCUT2D eigenvalue weighted by Crippen LogP contribution is -2.19. The minimum absolute atomic E-state index is 0.163. The van der Waals surface area contributed by atoms with Crippen LogP contribution in [-0.2, 0) is 0 Å². The highest BCUT2D eigenvalue weighted by atomic mass is 35.5. The third-order valence-corrected chi connectivity index (χ3v) is 11.4. The number of anilines is 4. The van der Waals surface area contributed by atoms with E-state index < -0.39 is 11.9 Å². The molecule has 0 unspecified atom stereocenters. The van der Waals surface area contributed by atoms with Gasteiger partial charge in [0.15, 0.2) is 10.2 Å². The van der Waals surface area contributed by atoms with Crippen molar-refractivity contribution in [1.82, 2.24) is 9.97 Å². The van der Waals surface area contributed by atoms with Crippen LogP contribution in [0.1, 0.15) is 20.7 Å². The van der Waals surface area contributed by atoms with Crippen LogP contribution in [0.5, 0.6) is 11.5 Å². The SMILES string of the molecule is COc1ccc(-c2cc3cc(Cl)c(Cl)cc3[nH]2)cc1NC(=S)Nc1cccc(C(=O)O)c1.COc1ccc(-c2cc3cc(Cl)c(Cl)cc3[nH]2)cc1NC(=S)Nc1cccc(C(=O)O)c1. The van der Waals surface area contributed by atoms with Gasteiger partial charge in [0.1, 0.15) is 11.5 Å². The number of methoxy groups -OCH3 is 2. The maximum absolute atomic E-state index is 11.2. The minimum atomic E-state index is -1.01. The van der Waals surface area contributed by atoms with Crippen molar-refractivity contribution in [2.24, 2.45) is 0 Å². The summed E-state index contributed by atoms with van der Waals surface area (Å²) < 4.78 is 10.9. The summed E-state index contributed by atoms with van der Waals surface area (Å²) in [5.41, 5.74) is 8.01. The molecule has 0 aliphatic rings. The molecule has 6 aromatic carbocycles. The van der Waals surface area contributed by atoms with Gasteiger partial charge in [0, 0.05) is 55.7 Å². The van der Waals surface area contributed by atoms with Gasteiger partial charge < -0.3 is 50.9 Å². The van der Waals surface area contributed by atoms with Crippen LogP contribution >= 0.6 is 70.8 Å². The van der Waals surface area contributed by atoms with Crippen molar-refractivity contribution in [2.45, 2.75) is 0 Å². The van der Waals surface area contributed by atoms with Gasteiger partial charge in [-0.25, -0.2) is 9.59 Å². The first kappa shape index (κ1) is 45.5. The van der Waals surface area contributed by atoms with Crippen LogP contribution in [-0.4, -0.2) is 56.6 Å². The molecule has 0 aliphatic heterocycles. The minimum Gasteiger partial charge on any atom is -0.495 e. The van der Waals surface area contributed by atoms with Crippen LogP contribution < -0.4 is 30.7 Å². The fraction of sp³-hybridized carbons (Fsp3) is 0.0435. The Morgan fingerprint density at radius 3 is 1.28 bits per heavy atom. The number of carboxylic acids is 2. The van der Waals surface area contributed by atoms with Gasteiger partial charge in [-0.15, -0.1) is 0 Å². The number of carbonyl (C=O) groups is 2. The summed E-state index contributed by atoms with van der Waals surface area (Å²) >= 11 is 35.3. The Morgan fingerprint density at radius 1 is 0.516 bits per heavy atom. The summed E-state index contributed by atoms with van der Waals surface area (Å²) in [5, 5.41) is 34.9. The average molecular weight is 973 g/mol. The predicted octanol–water partition coefficient (Wildman–Crippen LogP) is 13.3. The highest BCUT2D eigenvalue weighted by molar-refractivity contribution is 7.81.